The molecular formula is C18H18ClN3O4S2. The minimum Gasteiger partial charge on any atom is -0.280 e. The van der Waals surface area contributed by atoms with Gasteiger partial charge < -0.3 is 0 Å². The maximum absolute atomic E-state index is 12.5. The normalized spacial score (nSPS) is 14.8. The van der Waals surface area contributed by atoms with Crippen molar-refractivity contribution in [3.05, 3.63) is 64.5 Å². The third-order valence-corrected chi connectivity index (χ3v) is 6.49. The SMILES string of the molecule is O=S(=O)(/C=C/c1ccc(Cl)cc1)Nc1cccc(S(=O)(=O)NC2=NCCC2)c1. The molecule has 1 heterocycles. The molecule has 1 aliphatic rings. The Kier molecular flexibility index (Phi) is 6.07. The number of sulfonamides is 2. The van der Waals surface area contributed by atoms with Crippen LogP contribution < -0.4 is 9.44 Å². The first kappa shape index (κ1) is 20.4. The molecule has 28 heavy (non-hydrogen) atoms. The van der Waals surface area contributed by atoms with Gasteiger partial charge in [0.1, 0.15) is 5.84 Å². The Morgan fingerprint density at radius 1 is 1.00 bits per heavy atom. The van der Waals surface area contributed by atoms with E-state index in [1.165, 1.54) is 30.3 Å². The van der Waals surface area contributed by atoms with Crippen LogP contribution in [0.2, 0.25) is 5.02 Å². The van der Waals surface area contributed by atoms with Gasteiger partial charge in [-0.3, -0.25) is 14.4 Å². The third kappa shape index (κ3) is 5.57. The summed E-state index contributed by atoms with van der Waals surface area (Å²) in [6.07, 6.45) is 2.79. The molecule has 10 heteroatoms. The Labute approximate surface area is 169 Å². The van der Waals surface area contributed by atoms with Gasteiger partial charge in [-0.2, -0.15) is 0 Å². The van der Waals surface area contributed by atoms with Gasteiger partial charge in [0.25, 0.3) is 20.0 Å². The van der Waals surface area contributed by atoms with E-state index in [-0.39, 0.29) is 10.6 Å². The minimum absolute atomic E-state index is 0.0519. The Morgan fingerprint density at radius 2 is 1.75 bits per heavy atom. The third-order valence-electron chi connectivity index (χ3n) is 3.84. The Balaban J connectivity index is 1.75. The summed E-state index contributed by atoms with van der Waals surface area (Å²) in [5.74, 6) is 0.414. The highest BCUT2D eigenvalue weighted by Crippen LogP contribution is 2.18. The van der Waals surface area contributed by atoms with Crippen LogP contribution in [0.1, 0.15) is 18.4 Å². The lowest BCUT2D eigenvalue weighted by Gasteiger charge is -2.10. The molecule has 3 rings (SSSR count). The number of halogens is 1. The molecule has 0 fully saturated rings. The summed E-state index contributed by atoms with van der Waals surface area (Å²) < 4.78 is 54.2. The number of amidine groups is 1. The molecule has 2 aromatic carbocycles. The average Bonchev–Trinajstić information content (AvgIpc) is 3.13. The number of benzene rings is 2. The van der Waals surface area contributed by atoms with E-state index >= 15 is 0 Å². The monoisotopic (exact) mass is 439 g/mol. The summed E-state index contributed by atoms with van der Waals surface area (Å²) in [6.45, 7) is 0.595. The van der Waals surface area contributed by atoms with E-state index in [4.69, 9.17) is 11.6 Å². The van der Waals surface area contributed by atoms with E-state index in [1.807, 2.05) is 0 Å². The van der Waals surface area contributed by atoms with Gasteiger partial charge in [0.2, 0.25) is 0 Å². The lowest BCUT2D eigenvalue weighted by atomic mass is 10.2. The van der Waals surface area contributed by atoms with Crippen molar-refractivity contribution in [1.29, 1.82) is 0 Å². The lowest BCUT2D eigenvalue weighted by molar-refractivity contribution is 0.592. The van der Waals surface area contributed by atoms with Gasteiger partial charge in [0.15, 0.2) is 0 Å². The van der Waals surface area contributed by atoms with Gasteiger partial charge in [0.05, 0.1) is 16.0 Å². The molecule has 0 amide bonds. The smallest absolute Gasteiger partial charge is 0.262 e. The van der Waals surface area contributed by atoms with Gasteiger partial charge in [-0.05, 0) is 48.4 Å². The van der Waals surface area contributed by atoms with Gasteiger partial charge in [-0.25, -0.2) is 16.8 Å². The molecule has 2 N–H and O–H groups in total. The Hall–Kier alpha value is -2.36. The van der Waals surface area contributed by atoms with E-state index in [1.54, 1.807) is 24.3 Å². The highest BCUT2D eigenvalue weighted by atomic mass is 35.5. The van der Waals surface area contributed by atoms with Crippen LogP contribution in [0.25, 0.3) is 6.08 Å². The topological polar surface area (TPSA) is 105 Å². The molecule has 0 radical (unpaired) electrons. The zero-order chi connectivity index (χ0) is 20.2. The molecule has 7 nitrogen and oxygen atoms in total. The van der Waals surface area contributed by atoms with Crippen molar-refractivity contribution in [3.63, 3.8) is 0 Å². The fourth-order valence-electron chi connectivity index (χ4n) is 2.50. The van der Waals surface area contributed by atoms with Crippen LogP contribution in [0, 0.1) is 0 Å². The number of nitrogens with one attached hydrogen (secondary N) is 2. The second-order valence-electron chi connectivity index (χ2n) is 6.07. The Morgan fingerprint density at radius 3 is 2.43 bits per heavy atom. The second-order valence-corrected chi connectivity index (χ2v) is 9.75. The minimum atomic E-state index is -3.83. The molecule has 0 saturated heterocycles. The molecule has 0 bridgehead atoms. The van der Waals surface area contributed by atoms with Gasteiger partial charge in [-0.1, -0.05) is 29.8 Å². The number of hydrogen-bond acceptors (Lipinski definition) is 5. The standard InChI is InChI=1S/C18H18ClN3O4S2/c19-15-8-6-14(7-9-15)10-12-27(23,24)21-16-3-1-4-17(13-16)28(25,26)22-18-5-2-11-20-18/h1,3-4,6-10,12-13,21H,2,5,11H2,(H,20,22)/b12-10+. The fraction of sp³-hybridized carbons (Fsp3) is 0.167. The van der Waals surface area contributed by atoms with Gasteiger partial charge in [0, 0.05) is 18.0 Å². The van der Waals surface area contributed by atoms with E-state index in [0.29, 0.717) is 29.4 Å². The van der Waals surface area contributed by atoms with Crippen molar-refractivity contribution in [3.8, 4) is 0 Å². The largest absolute Gasteiger partial charge is 0.280 e. The van der Waals surface area contributed by atoms with Crippen molar-refractivity contribution in [1.82, 2.24) is 4.72 Å². The highest BCUT2D eigenvalue weighted by Gasteiger charge is 2.19. The van der Waals surface area contributed by atoms with E-state index < -0.39 is 20.0 Å². The Bertz CT molecular complexity index is 1130. The molecule has 0 spiro atoms. The first-order valence-corrected chi connectivity index (χ1v) is 11.8. The first-order valence-electron chi connectivity index (χ1n) is 8.36. The van der Waals surface area contributed by atoms with E-state index in [0.717, 1.165) is 11.8 Å². The first-order chi connectivity index (χ1) is 13.2. The van der Waals surface area contributed by atoms with Crippen LogP contribution in [-0.4, -0.2) is 29.2 Å². The average molecular weight is 440 g/mol. The number of rotatable bonds is 6. The number of aliphatic imine (C=N–C) groups is 1. The summed E-state index contributed by atoms with van der Waals surface area (Å²) >= 11 is 5.80. The molecular weight excluding hydrogens is 422 g/mol. The van der Waals surface area contributed by atoms with Crippen LogP contribution in [-0.2, 0) is 20.0 Å². The second kappa shape index (κ2) is 8.34. The molecule has 1 aliphatic heterocycles. The fourth-order valence-corrected chi connectivity index (χ4v) is 4.62. The van der Waals surface area contributed by atoms with Crippen LogP contribution in [0.15, 0.2) is 63.8 Å². The predicted molar refractivity (Wildman–Crippen MR) is 111 cm³/mol. The van der Waals surface area contributed by atoms with Crippen molar-refractivity contribution in [2.75, 3.05) is 11.3 Å². The van der Waals surface area contributed by atoms with Crippen LogP contribution in [0.3, 0.4) is 0 Å². The van der Waals surface area contributed by atoms with Gasteiger partial charge in [-0.15, -0.1) is 0 Å². The number of anilines is 1. The summed E-state index contributed by atoms with van der Waals surface area (Å²) in [5.41, 5.74) is 0.796. The summed E-state index contributed by atoms with van der Waals surface area (Å²) in [4.78, 5) is 4.03. The molecule has 2 aromatic rings. The zero-order valence-corrected chi connectivity index (χ0v) is 17.1. The highest BCUT2D eigenvalue weighted by molar-refractivity contribution is 7.95. The maximum atomic E-state index is 12.5. The molecule has 0 aliphatic carbocycles. The van der Waals surface area contributed by atoms with E-state index in [2.05, 4.69) is 14.4 Å². The van der Waals surface area contributed by atoms with Crippen molar-refractivity contribution in [2.45, 2.75) is 17.7 Å². The van der Waals surface area contributed by atoms with E-state index in [9.17, 15) is 16.8 Å². The van der Waals surface area contributed by atoms with Gasteiger partial charge >= 0.3 is 0 Å². The summed E-state index contributed by atoms with van der Waals surface area (Å²) in [6, 6.07) is 12.2. The molecule has 0 saturated carbocycles. The molecule has 0 atom stereocenters. The maximum Gasteiger partial charge on any atom is 0.262 e. The predicted octanol–water partition coefficient (Wildman–Crippen LogP) is 3.22. The van der Waals surface area contributed by atoms with Crippen LogP contribution in [0.4, 0.5) is 5.69 Å². The molecule has 0 aromatic heterocycles. The summed E-state index contributed by atoms with van der Waals surface area (Å²) in [7, 11) is -7.66. The van der Waals surface area contributed by atoms with Crippen molar-refractivity contribution in [2.24, 2.45) is 4.99 Å². The number of nitrogens with zero attached hydrogens (tertiary/aromatic N) is 1. The number of hydrogen-bond donors (Lipinski definition) is 2. The lowest BCUT2D eigenvalue weighted by Crippen LogP contribution is -2.29. The summed E-state index contributed by atoms with van der Waals surface area (Å²) in [5, 5.41) is 1.55. The molecule has 0 unspecified atom stereocenters. The quantitative estimate of drug-likeness (QED) is 0.720. The van der Waals surface area contributed by atoms with Crippen molar-refractivity contribution < 1.29 is 16.8 Å². The molecule has 148 valence electrons. The van der Waals surface area contributed by atoms with Crippen molar-refractivity contribution >= 4 is 49.2 Å². The zero-order valence-electron chi connectivity index (χ0n) is 14.7. The van der Waals surface area contributed by atoms with Crippen LogP contribution >= 0.6 is 11.6 Å². The van der Waals surface area contributed by atoms with Crippen LogP contribution in [0.5, 0.6) is 0 Å².